The molecule has 164 valence electrons. The van der Waals surface area contributed by atoms with Gasteiger partial charge in [0.05, 0.1) is 19.6 Å². The Bertz CT molecular complexity index is 1110. The number of ether oxygens (including phenoxy) is 2. The van der Waals surface area contributed by atoms with Crippen LogP contribution in [0.15, 0.2) is 66.7 Å². The summed E-state index contributed by atoms with van der Waals surface area (Å²) in [6.07, 6.45) is -0.901. The van der Waals surface area contributed by atoms with Crippen LogP contribution in [0.25, 0.3) is 11.1 Å². The first-order valence-electron chi connectivity index (χ1n) is 10.5. The fourth-order valence-corrected chi connectivity index (χ4v) is 4.33. The van der Waals surface area contributed by atoms with E-state index in [1.54, 1.807) is 19.2 Å². The molecule has 0 radical (unpaired) electrons. The van der Waals surface area contributed by atoms with Gasteiger partial charge in [-0.3, -0.25) is 4.79 Å². The Morgan fingerprint density at radius 2 is 1.62 bits per heavy atom. The van der Waals surface area contributed by atoms with Gasteiger partial charge in [-0.15, -0.1) is 0 Å². The normalized spacial score (nSPS) is 13.1. The van der Waals surface area contributed by atoms with Gasteiger partial charge in [-0.05, 0) is 46.4 Å². The van der Waals surface area contributed by atoms with E-state index in [4.69, 9.17) is 9.47 Å². The van der Waals surface area contributed by atoms with Gasteiger partial charge in [0.25, 0.3) is 0 Å². The molecule has 1 aliphatic carbocycles. The quantitative estimate of drug-likeness (QED) is 0.546. The van der Waals surface area contributed by atoms with Gasteiger partial charge in [-0.2, -0.15) is 0 Å². The highest BCUT2D eigenvalue weighted by atomic mass is 16.5. The average molecular weight is 431 g/mol. The van der Waals surface area contributed by atoms with Crippen LogP contribution in [-0.2, 0) is 9.53 Å². The van der Waals surface area contributed by atoms with Crippen molar-refractivity contribution < 1.29 is 24.2 Å². The molecule has 1 aliphatic rings. The summed E-state index contributed by atoms with van der Waals surface area (Å²) in [5, 5.41) is 12.1. The van der Waals surface area contributed by atoms with E-state index in [0.717, 1.165) is 27.8 Å². The van der Waals surface area contributed by atoms with Crippen LogP contribution in [0.2, 0.25) is 0 Å². The summed E-state index contributed by atoms with van der Waals surface area (Å²) in [7, 11) is 1.58. The number of hydrogen-bond acceptors (Lipinski definition) is 4. The lowest BCUT2D eigenvalue weighted by Gasteiger charge is -2.20. The topological polar surface area (TPSA) is 84.9 Å². The van der Waals surface area contributed by atoms with E-state index < -0.39 is 18.1 Å². The molecule has 6 heteroatoms. The Morgan fingerprint density at radius 3 is 2.19 bits per heavy atom. The van der Waals surface area contributed by atoms with Gasteiger partial charge in [-0.1, -0.05) is 60.7 Å². The molecule has 4 rings (SSSR count). The highest BCUT2D eigenvalue weighted by Gasteiger charge is 2.29. The van der Waals surface area contributed by atoms with Crippen LogP contribution in [0, 0.1) is 6.92 Å². The predicted molar refractivity (Wildman–Crippen MR) is 121 cm³/mol. The predicted octanol–water partition coefficient (Wildman–Crippen LogP) is 5.06. The zero-order valence-corrected chi connectivity index (χ0v) is 18.0. The minimum absolute atomic E-state index is 0.0608. The van der Waals surface area contributed by atoms with E-state index in [2.05, 4.69) is 29.6 Å². The number of fused-ring (bicyclic) bond motifs is 3. The SMILES string of the molecule is COc1ccc([C@@H](CC(=O)O)NC(=O)OCC2c3ccccc3-c3ccccc32)cc1C. The van der Waals surface area contributed by atoms with Crippen molar-refractivity contribution >= 4 is 12.1 Å². The Morgan fingerprint density at radius 1 is 1.00 bits per heavy atom. The van der Waals surface area contributed by atoms with Crippen molar-refractivity contribution in [3.05, 3.63) is 89.0 Å². The largest absolute Gasteiger partial charge is 0.496 e. The molecule has 0 saturated carbocycles. The maximum atomic E-state index is 12.6. The number of benzene rings is 3. The number of hydrogen-bond donors (Lipinski definition) is 2. The van der Waals surface area contributed by atoms with E-state index in [1.165, 1.54) is 0 Å². The van der Waals surface area contributed by atoms with Crippen LogP contribution in [-0.4, -0.2) is 30.9 Å². The molecule has 0 bridgehead atoms. The summed E-state index contributed by atoms with van der Waals surface area (Å²) < 4.78 is 10.8. The van der Waals surface area contributed by atoms with Crippen LogP contribution in [0.1, 0.15) is 40.6 Å². The van der Waals surface area contributed by atoms with Crippen LogP contribution >= 0.6 is 0 Å². The van der Waals surface area contributed by atoms with Crippen molar-refractivity contribution in [2.24, 2.45) is 0 Å². The van der Waals surface area contributed by atoms with E-state index >= 15 is 0 Å². The van der Waals surface area contributed by atoms with Crippen molar-refractivity contribution in [2.75, 3.05) is 13.7 Å². The molecular formula is C26H25NO5. The van der Waals surface area contributed by atoms with Crippen molar-refractivity contribution in [2.45, 2.75) is 25.3 Å². The lowest BCUT2D eigenvalue weighted by Crippen LogP contribution is -2.31. The number of carbonyl (C=O) groups excluding carboxylic acids is 1. The maximum Gasteiger partial charge on any atom is 0.407 e. The van der Waals surface area contributed by atoms with E-state index in [9.17, 15) is 14.7 Å². The number of alkyl carbamates (subject to hydrolysis) is 1. The number of carboxylic acid groups (broad SMARTS) is 1. The molecule has 0 unspecified atom stereocenters. The third-order valence-corrected chi connectivity index (χ3v) is 5.84. The summed E-state index contributed by atoms with van der Waals surface area (Å²) >= 11 is 0. The molecule has 0 fully saturated rings. The molecule has 0 saturated heterocycles. The van der Waals surface area contributed by atoms with Crippen molar-refractivity contribution in [1.29, 1.82) is 0 Å². The van der Waals surface area contributed by atoms with E-state index in [1.807, 2.05) is 37.3 Å². The first kappa shape index (κ1) is 21.4. The summed E-state index contributed by atoms with van der Waals surface area (Å²) in [5.74, 6) is -0.374. The Labute approximate surface area is 186 Å². The first-order chi connectivity index (χ1) is 15.5. The van der Waals surface area contributed by atoms with Gasteiger partial charge in [0.2, 0.25) is 0 Å². The maximum absolute atomic E-state index is 12.6. The second-order valence-corrected chi connectivity index (χ2v) is 7.85. The van der Waals surface area contributed by atoms with Gasteiger partial charge < -0.3 is 19.9 Å². The number of amides is 1. The number of nitrogens with one attached hydrogen (secondary N) is 1. The molecular weight excluding hydrogens is 406 g/mol. The molecule has 0 aromatic heterocycles. The van der Waals surface area contributed by atoms with Crippen molar-refractivity contribution in [3.8, 4) is 16.9 Å². The number of aryl methyl sites for hydroxylation is 1. The summed E-state index contributed by atoms with van der Waals surface area (Å²) in [6.45, 7) is 2.04. The van der Waals surface area contributed by atoms with Crippen LogP contribution < -0.4 is 10.1 Å². The molecule has 1 amide bonds. The minimum Gasteiger partial charge on any atom is -0.496 e. The Kier molecular flexibility index (Phi) is 6.12. The smallest absolute Gasteiger partial charge is 0.407 e. The first-order valence-corrected chi connectivity index (χ1v) is 10.5. The third-order valence-electron chi connectivity index (χ3n) is 5.84. The van der Waals surface area contributed by atoms with Crippen molar-refractivity contribution in [1.82, 2.24) is 5.32 Å². The van der Waals surface area contributed by atoms with Crippen LogP contribution in [0.4, 0.5) is 4.79 Å². The number of carbonyl (C=O) groups is 2. The van der Waals surface area contributed by atoms with Gasteiger partial charge in [0, 0.05) is 5.92 Å². The van der Waals surface area contributed by atoms with E-state index in [-0.39, 0.29) is 18.9 Å². The number of rotatable bonds is 7. The molecule has 2 N–H and O–H groups in total. The Hall–Kier alpha value is -3.80. The second kappa shape index (κ2) is 9.14. The van der Waals surface area contributed by atoms with Gasteiger partial charge in [0.15, 0.2) is 0 Å². The molecule has 0 heterocycles. The number of aliphatic carboxylic acids is 1. The van der Waals surface area contributed by atoms with Crippen LogP contribution in [0.5, 0.6) is 5.75 Å². The highest BCUT2D eigenvalue weighted by Crippen LogP contribution is 2.44. The Balaban J connectivity index is 1.48. The fourth-order valence-electron chi connectivity index (χ4n) is 4.33. The molecule has 6 nitrogen and oxygen atoms in total. The molecule has 3 aromatic rings. The average Bonchev–Trinajstić information content (AvgIpc) is 3.10. The molecule has 0 spiro atoms. The fraction of sp³-hybridized carbons (Fsp3) is 0.231. The number of carboxylic acids is 1. The molecule has 32 heavy (non-hydrogen) atoms. The third kappa shape index (κ3) is 4.30. The molecule has 1 atom stereocenters. The summed E-state index contributed by atoms with van der Waals surface area (Å²) in [5.41, 5.74) is 6.07. The molecule has 3 aromatic carbocycles. The van der Waals surface area contributed by atoms with Gasteiger partial charge in [-0.25, -0.2) is 4.79 Å². The standard InChI is InChI=1S/C26H25NO5/c1-16-13-17(11-12-24(16)31-2)23(14-25(28)29)27-26(30)32-15-22-20-9-5-3-7-18(20)19-8-4-6-10-21(19)22/h3-13,22-23H,14-15H2,1-2H3,(H,27,30)(H,28,29)/t23-/m1/s1. The minimum atomic E-state index is -1.01. The zero-order chi connectivity index (χ0) is 22.7. The number of methoxy groups -OCH3 is 1. The van der Waals surface area contributed by atoms with Gasteiger partial charge in [0.1, 0.15) is 12.4 Å². The summed E-state index contributed by atoms with van der Waals surface area (Å²) in [6, 6.07) is 20.8. The molecule has 0 aliphatic heterocycles. The highest BCUT2D eigenvalue weighted by molar-refractivity contribution is 5.79. The van der Waals surface area contributed by atoms with Gasteiger partial charge >= 0.3 is 12.1 Å². The zero-order valence-electron chi connectivity index (χ0n) is 18.0. The van der Waals surface area contributed by atoms with Crippen molar-refractivity contribution in [3.63, 3.8) is 0 Å². The lowest BCUT2D eigenvalue weighted by molar-refractivity contribution is -0.137. The van der Waals surface area contributed by atoms with Crippen LogP contribution in [0.3, 0.4) is 0 Å². The lowest BCUT2D eigenvalue weighted by atomic mass is 9.98. The summed E-state index contributed by atoms with van der Waals surface area (Å²) in [4.78, 5) is 24.0. The second-order valence-electron chi connectivity index (χ2n) is 7.85. The monoisotopic (exact) mass is 431 g/mol. The van der Waals surface area contributed by atoms with E-state index in [0.29, 0.717) is 11.3 Å².